The molecule has 2 aromatic rings. The third-order valence-corrected chi connectivity index (χ3v) is 3.18. The first-order valence-electron chi connectivity index (χ1n) is 7.34. The summed E-state index contributed by atoms with van der Waals surface area (Å²) in [5, 5.41) is 0. The normalized spacial score (nSPS) is 9.88. The topological polar surface area (TPSA) is 57.7 Å². The summed E-state index contributed by atoms with van der Waals surface area (Å²) in [6.45, 7) is 7.20. The largest absolute Gasteiger partial charge is 0.493 e. The van der Waals surface area contributed by atoms with Crippen LogP contribution in [0.5, 0.6) is 11.5 Å². The lowest BCUT2D eigenvalue weighted by Crippen LogP contribution is -2.15. The zero-order valence-corrected chi connectivity index (χ0v) is 13.5. The Morgan fingerprint density at radius 2 is 2.12 bits per heavy atom. The molecule has 24 heavy (non-hydrogen) atoms. The van der Waals surface area contributed by atoms with Crippen LogP contribution >= 0.6 is 0 Å². The van der Waals surface area contributed by atoms with Crippen LogP contribution in [0.15, 0.2) is 62.0 Å². The lowest BCUT2D eigenvalue weighted by molar-refractivity contribution is -0.137. The molecule has 0 fully saturated rings. The summed E-state index contributed by atoms with van der Waals surface area (Å²) >= 11 is 0. The Morgan fingerprint density at radius 3 is 2.79 bits per heavy atom. The van der Waals surface area contributed by atoms with Crippen molar-refractivity contribution in [2.75, 3.05) is 13.7 Å². The maximum absolute atomic E-state index is 12.0. The van der Waals surface area contributed by atoms with Crippen molar-refractivity contribution < 1.29 is 19.0 Å². The number of ether oxygens (including phenoxy) is 3. The fraction of sp³-hybridized carbons (Fsp3) is 0.158. The van der Waals surface area contributed by atoms with Crippen LogP contribution in [-0.2, 0) is 16.0 Å². The van der Waals surface area contributed by atoms with E-state index < -0.39 is 5.97 Å². The molecular weight excluding hydrogens is 306 g/mol. The van der Waals surface area contributed by atoms with E-state index in [1.54, 1.807) is 42.7 Å². The molecular formula is C19H19NO4. The van der Waals surface area contributed by atoms with E-state index in [0.29, 0.717) is 29.2 Å². The van der Waals surface area contributed by atoms with Crippen molar-refractivity contribution in [2.24, 2.45) is 0 Å². The molecule has 0 aliphatic heterocycles. The summed E-state index contributed by atoms with van der Waals surface area (Å²) in [4.78, 5) is 15.9. The Hall–Kier alpha value is -3.08. The van der Waals surface area contributed by atoms with Crippen molar-refractivity contribution in [3.8, 4) is 11.5 Å². The van der Waals surface area contributed by atoms with Gasteiger partial charge in [0.05, 0.1) is 7.11 Å². The zero-order chi connectivity index (χ0) is 17.4. The number of hydrogen-bond acceptors (Lipinski definition) is 5. The molecule has 0 radical (unpaired) electrons. The summed E-state index contributed by atoms with van der Waals surface area (Å²) in [5.74, 6) is 0.628. The number of esters is 1. The van der Waals surface area contributed by atoms with E-state index in [1.807, 2.05) is 6.07 Å². The number of rotatable bonds is 8. The van der Waals surface area contributed by atoms with E-state index in [4.69, 9.17) is 14.2 Å². The van der Waals surface area contributed by atoms with Crippen LogP contribution in [0.4, 0.5) is 0 Å². The maximum atomic E-state index is 12.0. The highest BCUT2D eigenvalue weighted by Crippen LogP contribution is 2.28. The third-order valence-electron chi connectivity index (χ3n) is 3.18. The van der Waals surface area contributed by atoms with Gasteiger partial charge in [0.2, 0.25) is 0 Å². The number of allylic oxidation sites excluding steroid dienone is 1. The first-order chi connectivity index (χ1) is 11.6. The van der Waals surface area contributed by atoms with Gasteiger partial charge in [-0.2, -0.15) is 0 Å². The number of methoxy groups -OCH3 is 1. The van der Waals surface area contributed by atoms with Crippen molar-refractivity contribution in [2.45, 2.75) is 6.42 Å². The highest BCUT2D eigenvalue weighted by Gasteiger charge is 2.12. The van der Waals surface area contributed by atoms with Crippen LogP contribution in [0.25, 0.3) is 5.76 Å². The molecule has 0 saturated carbocycles. The predicted molar refractivity (Wildman–Crippen MR) is 91.8 cm³/mol. The van der Waals surface area contributed by atoms with Crippen LogP contribution < -0.4 is 9.47 Å². The molecule has 1 aromatic carbocycles. The standard InChI is InChI=1S/C19H19NO4/c1-4-6-15-8-9-17(18(11-15)22-3)24-19(21)13-23-14(2)16-7-5-10-20-12-16/h4-5,7-12H,1-2,6,13H2,3H3. The molecule has 0 bridgehead atoms. The van der Waals surface area contributed by atoms with Gasteiger partial charge in [0.1, 0.15) is 5.76 Å². The Kier molecular flexibility index (Phi) is 6.14. The van der Waals surface area contributed by atoms with Gasteiger partial charge in [-0.3, -0.25) is 4.98 Å². The minimum atomic E-state index is -0.546. The fourth-order valence-corrected chi connectivity index (χ4v) is 2.00. The van der Waals surface area contributed by atoms with Crippen LogP contribution in [-0.4, -0.2) is 24.7 Å². The van der Waals surface area contributed by atoms with E-state index in [0.717, 1.165) is 5.56 Å². The van der Waals surface area contributed by atoms with Crippen molar-refractivity contribution in [3.63, 3.8) is 0 Å². The second-order valence-corrected chi connectivity index (χ2v) is 4.91. The molecule has 0 saturated heterocycles. The van der Waals surface area contributed by atoms with Crippen LogP contribution in [0, 0.1) is 0 Å². The number of pyridine rings is 1. The highest BCUT2D eigenvalue weighted by atomic mass is 16.6. The lowest BCUT2D eigenvalue weighted by atomic mass is 10.1. The summed E-state index contributed by atoms with van der Waals surface area (Å²) in [7, 11) is 1.52. The second kappa shape index (κ2) is 8.53. The van der Waals surface area contributed by atoms with E-state index in [-0.39, 0.29) is 6.61 Å². The van der Waals surface area contributed by atoms with Gasteiger partial charge in [0.15, 0.2) is 18.1 Å². The van der Waals surface area contributed by atoms with Crippen LogP contribution in [0.1, 0.15) is 11.1 Å². The first kappa shape index (κ1) is 17.3. The molecule has 1 heterocycles. The van der Waals surface area contributed by atoms with Crippen molar-refractivity contribution in [1.29, 1.82) is 0 Å². The minimum Gasteiger partial charge on any atom is -0.493 e. The number of nitrogens with zero attached hydrogens (tertiary/aromatic N) is 1. The molecule has 0 N–H and O–H groups in total. The van der Waals surface area contributed by atoms with Crippen molar-refractivity contribution in [1.82, 2.24) is 4.98 Å². The van der Waals surface area contributed by atoms with E-state index in [9.17, 15) is 4.79 Å². The average molecular weight is 325 g/mol. The van der Waals surface area contributed by atoms with Gasteiger partial charge in [-0.05, 0) is 36.2 Å². The minimum absolute atomic E-state index is 0.259. The quantitative estimate of drug-likeness (QED) is 0.322. The number of aromatic nitrogens is 1. The third kappa shape index (κ3) is 4.71. The van der Waals surface area contributed by atoms with Gasteiger partial charge in [-0.25, -0.2) is 4.79 Å². The molecule has 0 aliphatic carbocycles. The molecule has 124 valence electrons. The number of carbonyl (C=O) groups excluding carboxylic acids is 1. The molecule has 5 nitrogen and oxygen atoms in total. The molecule has 0 atom stereocenters. The van der Waals surface area contributed by atoms with E-state index in [2.05, 4.69) is 18.1 Å². The summed E-state index contributed by atoms with van der Waals surface area (Å²) in [6.07, 6.45) is 5.75. The van der Waals surface area contributed by atoms with Crippen LogP contribution in [0.3, 0.4) is 0 Å². The Bertz CT molecular complexity index is 725. The fourth-order valence-electron chi connectivity index (χ4n) is 2.00. The van der Waals surface area contributed by atoms with Gasteiger partial charge in [0.25, 0.3) is 0 Å². The Morgan fingerprint density at radius 1 is 1.29 bits per heavy atom. The Labute approximate surface area is 141 Å². The molecule has 2 rings (SSSR count). The zero-order valence-electron chi connectivity index (χ0n) is 13.5. The van der Waals surface area contributed by atoms with Gasteiger partial charge < -0.3 is 14.2 Å². The summed E-state index contributed by atoms with van der Waals surface area (Å²) < 4.78 is 15.9. The monoisotopic (exact) mass is 325 g/mol. The predicted octanol–water partition coefficient (Wildman–Crippen LogP) is 3.41. The van der Waals surface area contributed by atoms with Gasteiger partial charge >= 0.3 is 5.97 Å². The second-order valence-electron chi connectivity index (χ2n) is 4.91. The molecule has 5 heteroatoms. The number of carbonyl (C=O) groups is 1. The molecule has 0 amide bonds. The van der Waals surface area contributed by atoms with Gasteiger partial charge in [0, 0.05) is 18.0 Å². The molecule has 1 aromatic heterocycles. The van der Waals surface area contributed by atoms with E-state index in [1.165, 1.54) is 7.11 Å². The summed E-state index contributed by atoms with van der Waals surface area (Å²) in [5.41, 5.74) is 1.72. The summed E-state index contributed by atoms with van der Waals surface area (Å²) in [6, 6.07) is 8.90. The smallest absolute Gasteiger partial charge is 0.349 e. The van der Waals surface area contributed by atoms with Crippen LogP contribution in [0.2, 0.25) is 0 Å². The van der Waals surface area contributed by atoms with Crippen molar-refractivity contribution in [3.05, 3.63) is 73.1 Å². The number of benzene rings is 1. The highest BCUT2D eigenvalue weighted by molar-refractivity contribution is 5.75. The lowest BCUT2D eigenvalue weighted by Gasteiger charge is -2.12. The number of hydrogen-bond donors (Lipinski definition) is 0. The van der Waals surface area contributed by atoms with Crippen molar-refractivity contribution >= 4 is 11.7 Å². The first-order valence-corrected chi connectivity index (χ1v) is 7.34. The van der Waals surface area contributed by atoms with Gasteiger partial charge in [-0.15, -0.1) is 6.58 Å². The SMILES string of the molecule is C=CCc1ccc(OC(=O)COC(=C)c2cccnc2)c(OC)c1. The molecule has 0 aliphatic rings. The Balaban J connectivity index is 1.94. The van der Waals surface area contributed by atoms with Gasteiger partial charge in [-0.1, -0.05) is 18.7 Å². The molecule has 0 unspecified atom stereocenters. The van der Waals surface area contributed by atoms with E-state index >= 15 is 0 Å². The maximum Gasteiger partial charge on any atom is 0.349 e. The average Bonchev–Trinajstić information content (AvgIpc) is 2.62. The molecule has 0 spiro atoms.